The Bertz CT molecular complexity index is 1050. The van der Waals surface area contributed by atoms with Crippen LogP contribution in [0, 0.1) is 13.8 Å². The number of rotatable bonds is 7. The van der Waals surface area contributed by atoms with Crippen LogP contribution in [-0.2, 0) is 14.3 Å². The predicted molar refractivity (Wildman–Crippen MR) is 117 cm³/mol. The van der Waals surface area contributed by atoms with Crippen molar-refractivity contribution in [3.05, 3.63) is 69.9 Å². The lowest BCUT2D eigenvalue weighted by Gasteiger charge is -2.16. The Kier molecular flexibility index (Phi) is 6.57. The smallest absolute Gasteiger partial charge is 0.338 e. The van der Waals surface area contributed by atoms with Crippen LogP contribution in [0.5, 0.6) is 0 Å². The highest BCUT2D eigenvalue weighted by Gasteiger charge is 2.39. The van der Waals surface area contributed by atoms with Crippen LogP contribution in [-0.4, -0.2) is 24.4 Å². The number of nitrogens with zero attached hydrogens (tertiary/aromatic N) is 1. The summed E-state index contributed by atoms with van der Waals surface area (Å²) in [5, 5.41) is 2.80. The van der Waals surface area contributed by atoms with Crippen molar-refractivity contribution < 1.29 is 19.1 Å². The Morgan fingerprint density at radius 1 is 1.10 bits per heavy atom. The lowest BCUT2D eigenvalue weighted by Crippen LogP contribution is -2.32. The van der Waals surface area contributed by atoms with Crippen LogP contribution in [0.1, 0.15) is 41.3 Å². The lowest BCUT2D eigenvalue weighted by atomic mass is 10.1. The molecule has 1 aliphatic rings. The summed E-state index contributed by atoms with van der Waals surface area (Å²) in [6.07, 6.45) is 1.67. The molecule has 2 aromatic carbocycles. The van der Waals surface area contributed by atoms with E-state index in [1.807, 2.05) is 39.0 Å². The number of hydrogen-bond acceptors (Lipinski definition) is 5. The maximum atomic E-state index is 13.0. The van der Waals surface area contributed by atoms with Gasteiger partial charge in [-0.2, -0.15) is 0 Å². The van der Waals surface area contributed by atoms with Gasteiger partial charge in [0.15, 0.2) is 0 Å². The van der Waals surface area contributed by atoms with Gasteiger partial charge in [-0.25, -0.2) is 9.69 Å². The molecular formula is C23H23ClN2O4. The maximum Gasteiger partial charge on any atom is 0.338 e. The highest BCUT2D eigenvalue weighted by molar-refractivity contribution is 6.53. The number of amides is 2. The number of carbonyl (C=O) groups excluding carboxylic acids is 3. The highest BCUT2D eigenvalue weighted by atomic mass is 35.5. The van der Waals surface area contributed by atoms with E-state index in [1.165, 1.54) is 6.07 Å². The quantitative estimate of drug-likeness (QED) is 0.394. The molecule has 1 heterocycles. The molecule has 6 nitrogen and oxygen atoms in total. The third-order valence-electron chi connectivity index (χ3n) is 4.96. The van der Waals surface area contributed by atoms with Crippen molar-refractivity contribution >= 4 is 40.8 Å². The van der Waals surface area contributed by atoms with Gasteiger partial charge in [0.05, 0.1) is 17.9 Å². The minimum atomic E-state index is -0.647. The first kappa shape index (κ1) is 21.6. The van der Waals surface area contributed by atoms with E-state index in [2.05, 4.69) is 5.32 Å². The molecule has 0 bridgehead atoms. The first-order valence-electron chi connectivity index (χ1n) is 9.74. The number of anilines is 2. The van der Waals surface area contributed by atoms with Crippen LogP contribution >= 0.6 is 11.6 Å². The molecular weight excluding hydrogens is 404 g/mol. The summed E-state index contributed by atoms with van der Waals surface area (Å²) in [5.41, 5.74) is 3.21. The zero-order valence-electron chi connectivity index (χ0n) is 17.1. The van der Waals surface area contributed by atoms with Crippen molar-refractivity contribution in [1.82, 2.24) is 0 Å². The monoisotopic (exact) mass is 426 g/mol. The van der Waals surface area contributed by atoms with E-state index in [0.29, 0.717) is 12.3 Å². The number of aryl methyl sites for hydroxylation is 1. The largest absolute Gasteiger partial charge is 0.462 e. The van der Waals surface area contributed by atoms with Crippen molar-refractivity contribution in [1.29, 1.82) is 0 Å². The molecule has 0 aliphatic carbocycles. The Morgan fingerprint density at radius 2 is 1.83 bits per heavy atom. The Labute approximate surface area is 180 Å². The fraction of sp³-hybridized carbons (Fsp3) is 0.261. The Hall–Kier alpha value is -3.12. The van der Waals surface area contributed by atoms with E-state index < -0.39 is 17.8 Å². The first-order valence-corrected chi connectivity index (χ1v) is 10.1. The van der Waals surface area contributed by atoms with Crippen LogP contribution in [0.2, 0.25) is 0 Å². The zero-order valence-corrected chi connectivity index (χ0v) is 17.9. The predicted octanol–water partition coefficient (Wildman–Crippen LogP) is 4.70. The molecule has 0 spiro atoms. The normalized spacial score (nSPS) is 13.8. The third kappa shape index (κ3) is 4.24. The summed E-state index contributed by atoms with van der Waals surface area (Å²) in [4.78, 5) is 38.9. The van der Waals surface area contributed by atoms with E-state index in [1.54, 1.807) is 18.2 Å². The number of carbonyl (C=O) groups is 3. The zero-order chi connectivity index (χ0) is 21.8. The summed E-state index contributed by atoms with van der Waals surface area (Å²) in [6, 6.07) is 11.8. The van der Waals surface area contributed by atoms with E-state index >= 15 is 0 Å². The molecule has 0 saturated carbocycles. The second-order valence-electron chi connectivity index (χ2n) is 7.05. The topological polar surface area (TPSA) is 75.7 Å². The van der Waals surface area contributed by atoms with Gasteiger partial charge in [0.1, 0.15) is 10.7 Å². The first-order chi connectivity index (χ1) is 14.3. The molecule has 0 unspecified atom stereocenters. The van der Waals surface area contributed by atoms with E-state index in [-0.39, 0.29) is 22.0 Å². The summed E-state index contributed by atoms with van der Waals surface area (Å²) in [6.45, 7) is 6.19. The Morgan fingerprint density at radius 3 is 2.57 bits per heavy atom. The van der Waals surface area contributed by atoms with Gasteiger partial charge >= 0.3 is 5.97 Å². The second-order valence-corrected chi connectivity index (χ2v) is 7.42. The number of ether oxygens (including phenoxy) is 1. The second kappa shape index (κ2) is 9.13. The van der Waals surface area contributed by atoms with Gasteiger partial charge in [0, 0.05) is 5.69 Å². The van der Waals surface area contributed by atoms with Crippen molar-refractivity contribution in [3.8, 4) is 0 Å². The van der Waals surface area contributed by atoms with Crippen molar-refractivity contribution in [2.45, 2.75) is 33.6 Å². The molecule has 2 aromatic rings. The van der Waals surface area contributed by atoms with Crippen molar-refractivity contribution in [3.63, 3.8) is 0 Å². The molecule has 1 N–H and O–H groups in total. The molecule has 30 heavy (non-hydrogen) atoms. The van der Waals surface area contributed by atoms with Gasteiger partial charge in [-0.15, -0.1) is 0 Å². The number of benzene rings is 2. The fourth-order valence-electron chi connectivity index (χ4n) is 3.03. The van der Waals surface area contributed by atoms with Gasteiger partial charge in [0.25, 0.3) is 11.8 Å². The number of unbranched alkanes of at least 4 members (excludes halogenated alkanes) is 1. The molecule has 0 atom stereocenters. The van der Waals surface area contributed by atoms with Crippen LogP contribution in [0.3, 0.4) is 0 Å². The van der Waals surface area contributed by atoms with E-state index in [4.69, 9.17) is 16.3 Å². The van der Waals surface area contributed by atoms with E-state index in [0.717, 1.165) is 28.9 Å². The number of halogens is 1. The van der Waals surface area contributed by atoms with Gasteiger partial charge in [-0.05, 0) is 55.7 Å². The van der Waals surface area contributed by atoms with Crippen LogP contribution in [0.25, 0.3) is 0 Å². The fourth-order valence-corrected chi connectivity index (χ4v) is 3.24. The molecule has 156 valence electrons. The molecule has 3 rings (SSSR count). The molecule has 0 aromatic heterocycles. The van der Waals surface area contributed by atoms with Gasteiger partial charge < -0.3 is 10.1 Å². The number of imide groups is 1. The van der Waals surface area contributed by atoms with Crippen LogP contribution in [0.15, 0.2) is 53.2 Å². The SMILES string of the molecule is CCCCOC(=O)c1cccc(N2C(=O)C(Cl)=C(Nc3cccc(C)c3C)C2=O)c1. The molecule has 7 heteroatoms. The number of nitrogens with one attached hydrogen (secondary N) is 1. The average molecular weight is 427 g/mol. The molecule has 2 amide bonds. The minimum absolute atomic E-state index is 0.00583. The average Bonchev–Trinajstić information content (AvgIpc) is 2.94. The van der Waals surface area contributed by atoms with Gasteiger partial charge in [0.2, 0.25) is 0 Å². The van der Waals surface area contributed by atoms with Crippen LogP contribution < -0.4 is 10.2 Å². The van der Waals surface area contributed by atoms with Crippen molar-refractivity contribution in [2.75, 3.05) is 16.8 Å². The summed E-state index contributed by atoms with van der Waals surface area (Å²) in [5.74, 6) is -1.73. The highest BCUT2D eigenvalue weighted by Crippen LogP contribution is 2.31. The minimum Gasteiger partial charge on any atom is -0.462 e. The van der Waals surface area contributed by atoms with E-state index in [9.17, 15) is 14.4 Å². The molecule has 0 radical (unpaired) electrons. The summed E-state index contributed by atoms with van der Waals surface area (Å²) >= 11 is 6.21. The van der Waals surface area contributed by atoms with Crippen molar-refractivity contribution in [2.24, 2.45) is 0 Å². The standard InChI is InChI=1S/C23H23ClN2O4/c1-4-5-12-30-23(29)16-9-7-10-17(13-16)26-21(27)19(24)20(22(26)28)25-18-11-6-8-14(2)15(18)3/h6-11,13,25H,4-5,12H2,1-3H3. The van der Waals surface area contributed by atoms with Gasteiger partial charge in [-0.3, -0.25) is 9.59 Å². The molecule has 0 fully saturated rings. The summed E-state index contributed by atoms with van der Waals surface area (Å²) in [7, 11) is 0. The number of esters is 1. The number of hydrogen-bond donors (Lipinski definition) is 1. The van der Waals surface area contributed by atoms with Gasteiger partial charge in [-0.1, -0.05) is 43.1 Å². The molecule has 1 aliphatic heterocycles. The summed E-state index contributed by atoms with van der Waals surface area (Å²) < 4.78 is 5.21. The maximum absolute atomic E-state index is 13.0. The van der Waals surface area contributed by atoms with Crippen LogP contribution in [0.4, 0.5) is 11.4 Å². The lowest BCUT2D eigenvalue weighted by molar-refractivity contribution is -0.120. The Balaban J connectivity index is 1.84. The molecule has 0 saturated heterocycles. The third-order valence-corrected chi connectivity index (χ3v) is 5.31.